The molecule has 1 aromatic rings. The SMILES string of the molecule is Cc1cnccc1C(O)C1CCOC2(CCSC2)C1. The van der Waals surface area contributed by atoms with Gasteiger partial charge < -0.3 is 9.84 Å². The standard InChI is InChI=1S/C15H21NO2S/c1-11-9-16-5-2-13(11)14(17)12-3-6-18-15(8-12)4-7-19-10-15/h2,5,9,12,14,17H,3-4,6-8,10H2,1H3. The Hall–Kier alpha value is -0.580. The van der Waals surface area contributed by atoms with Crippen molar-refractivity contribution in [3.05, 3.63) is 29.6 Å². The highest BCUT2D eigenvalue weighted by Crippen LogP contribution is 2.44. The Balaban J connectivity index is 1.76. The second-order valence-corrected chi connectivity index (χ2v) is 6.87. The predicted octanol–water partition coefficient (Wildman–Crippen LogP) is 2.73. The van der Waals surface area contributed by atoms with Gasteiger partial charge >= 0.3 is 0 Å². The van der Waals surface area contributed by atoms with Crippen LogP contribution in [0.4, 0.5) is 0 Å². The van der Waals surface area contributed by atoms with E-state index in [4.69, 9.17) is 4.74 Å². The predicted molar refractivity (Wildman–Crippen MR) is 77.3 cm³/mol. The maximum absolute atomic E-state index is 10.7. The number of aliphatic hydroxyl groups excluding tert-OH is 1. The Morgan fingerprint density at radius 2 is 2.47 bits per heavy atom. The normalized spacial score (nSPS) is 32.6. The number of hydrogen-bond donors (Lipinski definition) is 1. The van der Waals surface area contributed by atoms with Crippen LogP contribution in [0.3, 0.4) is 0 Å². The second kappa shape index (κ2) is 5.43. The Morgan fingerprint density at radius 3 is 3.21 bits per heavy atom. The average Bonchev–Trinajstić information content (AvgIpc) is 2.86. The summed E-state index contributed by atoms with van der Waals surface area (Å²) in [5, 5.41) is 10.7. The summed E-state index contributed by atoms with van der Waals surface area (Å²) in [6.45, 7) is 2.80. The van der Waals surface area contributed by atoms with Crippen LogP contribution in [-0.2, 0) is 4.74 Å². The molecule has 1 aromatic heterocycles. The number of ether oxygens (including phenoxy) is 1. The van der Waals surface area contributed by atoms with Gasteiger partial charge in [0.25, 0.3) is 0 Å². The first-order chi connectivity index (χ1) is 9.20. The van der Waals surface area contributed by atoms with Crippen molar-refractivity contribution >= 4 is 11.8 Å². The lowest BCUT2D eigenvalue weighted by Gasteiger charge is -2.39. The molecule has 0 saturated carbocycles. The molecule has 0 radical (unpaired) electrons. The van der Waals surface area contributed by atoms with Gasteiger partial charge in [-0.15, -0.1) is 0 Å². The number of aryl methyl sites for hydroxylation is 1. The van der Waals surface area contributed by atoms with Gasteiger partial charge in [0.2, 0.25) is 0 Å². The lowest BCUT2D eigenvalue weighted by molar-refractivity contribution is -0.102. The number of aromatic nitrogens is 1. The molecule has 19 heavy (non-hydrogen) atoms. The van der Waals surface area contributed by atoms with E-state index in [-0.39, 0.29) is 11.7 Å². The van der Waals surface area contributed by atoms with Crippen molar-refractivity contribution in [3.63, 3.8) is 0 Å². The maximum atomic E-state index is 10.7. The molecule has 3 rings (SSSR count). The van der Waals surface area contributed by atoms with E-state index in [9.17, 15) is 5.11 Å². The minimum absolute atomic E-state index is 0.0372. The van der Waals surface area contributed by atoms with Crippen LogP contribution in [0, 0.1) is 12.8 Å². The molecule has 3 atom stereocenters. The summed E-state index contributed by atoms with van der Waals surface area (Å²) < 4.78 is 6.03. The lowest BCUT2D eigenvalue weighted by atomic mass is 9.80. The number of rotatable bonds is 2. The van der Waals surface area contributed by atoms with Crippen LogP contribution in [-0.4, -0.2) is 33.8 Å². The van der Waals surface area contributed by atoms with Crippen molar-refractivity contribution in [2.24, 2.45) is 5.92 Å². The topological polar surface area (TPSA) is 42.4 Å². The fraction of sp³-hybridized carbons (Fsp3) is 0.667. The molecule has 0 aliphatic carbocycles. The van der Waals surface area contributed by atoms with Gasteiger partial charge in [-0.25, -0.2) is 0 Å². The minimum atomic E-state index is -0.380. The summed E-state index contributed by atoms with van der Waals surface area (Å²) in [7, 11) is 0. The summed E-state index contributed by atoms with van der Waals surface area (Å²) in [5.41, 5.74) is 2.15. The fourth-order valence-corrected chi connectivity index (χ4v) is 4.65. The van der Waals surface area contributed by atoms with Gasteiger partial charge in [0.1, 0.15) is 0 Å². The highest BCUT2D eigenvalue weighted by Gasteiger charge is 2.42. The summed E-state index contributed by atoms with van der Waals surface area (Å²) in [6, 6.07) is 1.95. The number of aliphatic hydroxyl groups is 1. The molecule has 3 nitrogen and oxygen atoms in total. The van der Waals surface area contributed by atoms with E-state index in [2.05, 4.69) is 4.98 Å². The third-order valence-corrected chi connectivity index (χ3v) is 5.65. The molecule has 4 heteroatoms. The third-order valence-electron chi connectivity index (χ3n) is 4.43. The van der Waals surface area contributed by atoms with Gasteiger partial charge in [-0.05, 0) is 55.1 Å². The van der Waals surface area contributed by atoms with Gasteiger partial charge in [-0.2, -0.15) is 11.8 Å². The lowest BCUT2D eigenvalue weighted by Crippen LogP contribution is -2.41. The number of nitrogens with zero attached hydrogens (tertiary/aromatic N) is 1. The largest absolute Gasteiger partial charge is 0.388 e. The zero-order valence-corrected chi connectivity index (χ0v) is 12.2. The van der Waals surface area contributed by atoms with Crippen LogP contribution >= 0.6 is 11.8 Å². The summed E-state index contributed by atoms with van der Waals surface area (Å²) in [4.78, 5) is 4.10. The highest BCUT2D eigenvalue weighted by molar-refractivity contribution is 7.99. The van der Waals surface area contributed by atoms with E-state index >= 15 is 0 Å². The van der Waals surface area contributed by atoms with Crippen molar-refractivity contribution in [3.8, 4) is 0 Å². The molecule has 3 heterocycles. The molecule has 2 saturated heterocycles. The van der Waals surface area contributed by atoms with Crippen LogP contribution in [0.5, 0.6) is 0 Å². The Labute approximate surface area is 118 Å². The number of hydrogen-bond acceptors (Lipinski definition) is 4. The van der Waals surface area contributed by atoms with Crippen molar-refractivity contribution in [2.45, 2.75) is 37.9 Å². The van der Waals surface area contributed by atoms with E-state index in [1.54, 1.807) is 6.20 Å². The molecule has 2 aliphatic rings. The van der Waals surface area contributed by atoms with Gasteiger partial charge in [0.05, 0.1) is 11.7 Å². The monoisotopic (exact) mass is 279 g/mol. The quantitative estimate of drug-likeness (QED) is 0.904. The molecular formula is C15H21NO2S. The van der Waals surface area contributed by atoms with Crippen molar-refractivity contribution < 1.29 is 9.84 Å². The smallest absolute Gasteiger partial charge is 0.0823 e. The third kappa shape index (κ3) is 2.67. The Morgan fingerprint density at radius 1 is 1.58 bits per heavy atom. The molecule has 2 aliphatic heterocycles. The van der Waals surface area contributed by atoms with E-state index < -0.39 is 0 Å². The van der Waals surface area contributed by atoms with Crippen LogP contribution in [0.25, 0.3) is 0 Å². The zero-order chi connectivity index (χ0) is 13.3. The van der Waals surface area contributed by atoms with Gasteiger partial charge in [0, 0.05) is 24.8 Å². The maximum Gasteiger partial charge on any atom is 0.0823 e. The molecule has 3 unspecified atom stereocenters. The first kappa shape index (κ1) is 13.4. The first-order valence-corrected chi connectivity index (χ1v) is 8.16. The van der Waals surface area contributed by atoms with Crippen molar-refractivity contribution in [1.82, 2.24) is 4.98 Å². The molecule has 1 N–H and O–H groups in total. The highest BCUT2D eigenvalue weighted by atomic mass is 32.2. The first-order valence-electron chi connectivity index (χ1n) is 7.00. The molecule has 0 amide bonds. The Bertz CT molecular complexity index is 446. The van der Waals surface area contributed by atoms with Gasteiger partial charge in [-0.1, -0.05) is 0 Å². The van der Waals surface area contributed by atoms with E-state index in [0.717, 1.165) is 42.7 Å². The fourth-order valence-electron chi connectivity index (χ4n) is 3.27. The van der Waals surface area contributed by atoms with Gasteiger partial charge in [-0.3, -0.25) is 4.98 Å². The Kier molecular flexibility index (Phi) is 3.83. The second-order valence-electron chi connectivity index (χ2n) is 5.76. The van der Waals surface area contributed by atoms with Crippen LogP contribution in [0.15, 0.2) is 18.5 Å². The van der Waals surface area contributed by atoms with E-state index in [0.29, 0.717) is 5.92 Å². The molecule has 0 bridgehead atoms. The van der Waals surface area contributed by atoms with Crippen LogP contribution in [0.2, 0.25) is 0 Å². The number of pyridine rings is 1. The molecule has 0 aromatic carbocycles. The average molecular weight is 279 g/mol. The van der Waals surface area contributed by atoms with Crippen molar-refractivity contribution in [2.75, 3.05) is 18.1 Å². The molecular weight excluding hydrogens is 258 g/mol. The van der Waals surface area contributed by atoms with Crippen LogP contribution in [0.1, 0.15) is 36.5 Å². The zero-order valence-electron chi connectivity index (χ0n) is 11.3. The van der Waals surface area contributed by atoms with E-state index in [1.807, 2.05) is 30.9 Å². The minimum Gasteiger partial charge on any atom is -0.388 e. The van der Waals surface area contributed by atoms with Crippen molar-refractivity contribution in [1.29, 1.82) is 0 Å². The number of thioether (sulfide) groups is 1. The summed E-state index contributed by atoms with van der Waals surface area (Å²) in [5.74, 6) is 2.59. The van der Waals surface area contributed by atoms with E-state index in [1.165, 1.54) is 5.75 Å². The molecule has 1 spiro atoms. The molecule has 104 valence electrons. The molecule has 2 fully saturated rings. The summed E-state index contributed by atoms with van der Waals surface area (Å²) >= 11 is 1.98. The van der Waals surface area contributed by atoms with Crippen LogP contribution < -0.4 is 0 Å². The summed E-state index contributed by atoms with van der Waals surface area (Å²) in [6.07, 6.45) is 6.30. The van der Waals surface area contributed by atoms with Gasteiger partial charge in [0.15, 0.2) is 0 Å².